The quantitative estimate of drug-likeness (QED) is 0.821. The molecule has 3 rings (SSSR count). The van der Waals surface area contributed by atoms with Crippen LogP contribution in [0.15, 0.2) is 41.4 Å². The molecule has 126 valence electrons. The molecule has 0 fully saturated rings. The summed E-state index contributed by atoms with van der Waals surface area (Å²) < 4.78 is 10.8. The fourth-order valence-electron chi connectivity index (χ4n) is 2.80. The smallest absolute Gasteiger partial charge is 0.162 e. The first-order chi connectivity index (χ1) is 11.6. The lowest BCUT2D eigenvalue weighted by Crippen LogP contribution is -2.34. The lowest BCUT2D eigenvalue weighted by atomic mass is 10.1. The van der Waals surface area contributed by atoms with Crippen molar-refractivity contribution in [3.05, 3.63) is 47.5 Å². The van der Waals surface area contributed by atoms with Gasteiger partial charge in [0.2, 0.25) is 0 Å². The minimum absolute atomic E-state index is 0.523. The fourth-order valence-corrected chi connectivity index (χ4v) is 2.80. The monoisotopic (exact) mass is 326 g/mol. The van der Waals surface area contributed by atoms with Gasteiger partial charge in [0.25, 0.3) is 0 Å². The molecular formula is C18H22N4O2. The molecule has 0 aromatic heterocycles. The summed E-state index contributed by atoms with van der Waals surface area (Å²) in [6.07, 6.45) is 0.892. The molecule has 0 saturated heterocycles. The number of amidine groups is 1. The zero-order valence-corrected chi connectivity index (χ0v) is 14.0. The minimum Gasteiger partial charge on any atom is -0.493 e. The Labute approximate surface area is 141 Å². The van der Waals surface area contributed by atoms with Crippen molar-refractivity contribution in [2.24, 2.45) is 10.7 Å². The number of methoxy groups -OCH3 is 2. The highest BCUT2D eigenvalue weighted by atomic mass is 16.5. The number of anilines is 2. The van der Waals surface area contributed by atoms with Crippen LogP contribution in [0.1, 0.15) is 11.1 Å². The summed E-state index contributed by atoms with van der Waals surface area (Å²) in [5, 5.41) is 0. The number of ether oxygens (including phenoxy) is 2. The third kappa shape index (κ3) is 3.08. The van der Waals surface area contributed by atoms with E-state index in [-0.39, 0.29) is 0 Å². The number of fused-ring (bicyclic) bond motifs is 1. The lowest BCUT2D eigenvalue weighted by Gasteiger charge is -2.30. The molecule has 24 heavy (non-hydrogen) atoms. The van der Waals surface area contributed by atoms with Crippen molar-refractivity contribution in [3.8, 4) is 11.5 Å². The Balaban J connectivity index is 1.85. The number of aliphatic imine (C=N–C) groups is 1. The average molecular weight is 326 g/mol. The highest BCUT2D eigenvalue weighted by Crippen LogP contribution is 2.36. The van der Waals surface area contributed by atoms with Crippen LogP contribution in [0.2, 0.25) is 0 Å². The number of benzene rings is 2. The summed E-state index contributed by atoms with van der Waals surface area (Å²) >= 11 is 0. The summed E-state index contributed by atoms with van der Waals surface area (Å²) in [6.45, 7) is 1.35. The van der Waals surface area contributed by atoms with Gasteiger partial charge in [-0.3, -0.25) is 0 Å². The van der Waals surface area contributed by atoms with Gasteiger partial charge in [-0.05, 0) is 30.2 Å². The Bertz CT molecular complexity index is 756. The molecule has 4 N–H and O–H groups in total. The number of hydrogen-bond acceptors (Lipinski definition) is 6. The van der Waals surface area contributed by atoms with Crippen molar-refractivity contribution < 1.29 is 9.47 Å². The molecule has 2 aromatic rings. The predicted molar refractivity (Wildman–Crippen MR) is 97.0 cm³/mol. The Hall–Kier alpha value is -2.89. The zero-order chi connectivity index (χ0) is 17.1. The van der Waals surface area contributed by atoms with Gasteiger partial charge < -0.3 is 25.8 Å². The fraction of sp³-hybridized carbons (Fsp3) is 0.278. The van der Waals surface area contributed by atoms with Crippen molar-refractivity contribution >= 4 is 17.2 Å². The number of nitrogens with two attached hydrogens (primary N) is 2. The maximum absolute atomic E-state index is 6.06. The maximum Gasteiger partial charge on any atom is 0.162 e. The van der Waals surface area contributed by atoms with Gasteiger partial charge in [-0.2, -0.15) is 0 Å². The van der Waals surface area contributed by atoms with Crippen LogP contribution in [0, 0.1) is 0 Å². The second-order valence-corrected chi connectivity index (χ2v) is 5.66. The molecule has 1 heterocycles. The van der Waals surface area contributed by atoms with Gasteiger partial charge in [0.05, 0.1) is 19.9 Å². The standard InChI is InChI=1S/C18H22N4O2/c1-23-16-9-14-15(10-17(16)24-2)22(11-21-18(14)20)8-7-12-3-5-13(19)6-4-12/h3-6,9-10H,7-8,11,19H2,1-2H3,(H2,20,21). The van der Waals surface area contributed by atoms with Gasteiger partial charge in [-0.15, -0.1) is 0 Å². The first kappa shape index (κ1) is 16.0. The van der Waals surface area contributed by atoms with Gasteiger partial charge in [-0.1, -0.05) is 12.1 Å². The van der Waals surface area contributed by atoms with Crippen molar-refractivity contribution in [2.45, 2.75) is 6.42 Å². The Morgan fingerprint density at radius 3 is 2.38 bits per heavy atom. The van der Waals surface area contributed by atoms with E-state index in [1.54, 1.807) is 14.2 Å². The van der Waals surface area contributed by atoms with Crippen LogP contribution in [-0.4, -0.2) is 33.3 Å². The summed E-state index contributed by atoms with van der Waals surface area (Å²) in [6, 6.07) is 11.8. The van der Waals surface area contributed by atoms with Crippen LogP contribution >= 0.6 is 0 Å². The average Bonchev–Trinajstić information content (AvgIpc) is 2.61. The molecule has 1 aliphatic rings. The molecule has 6 heteroatoms. The molecule has 0 amide bonds. The second-order valence-electron chi connectivity index (χ2n) is 5.66. The molecule has 0 aliphatic carbocycles. The van der Waals surface area contributed by atoms with Crippen molar-refractivity contribution in [1.82, 2.24) is 0 Å². The molecule has 0 atom stereocenters. The van der Waals surface area contributed by atoms with E-state index in [9.17, 15) is 0 Å². The van der Waals surface area contributed by atoms with Crippen LogP contribution < -0.4 is 25.8 Å². The molecule has 2 aromatic carbocycles. The van der Waals surface area contributed by atoms with E-state index in [1.165, 1.54) is 5.56 Å². The van der Waals surface area contributed by atoms with Crippen LogP contribution in [0.25, 0.3) is 0 Å². The topological polar surface area (TPSA) is 86.1 Å². The molecule has 1 aliphatic heterocycles. The van der Waals surface area contributed by atoms with Gasteiger partial charge in [0, 0.05) is 23.9 Å². The van der Waals surface area contributed by atoms with Crippen LogP contribution in [0.3, 0.4) is 0 Å². The van der Waals surface area contributed by atoms with Crippen LogP contribution in [-0.2, 0) is 6.42 Å². The highest BCUT2D eigenvalue weighted by molar-refractivity contribution is 6.04. The summed E-state index contributed by atoms with van der Waals surface area (Å²) in [7, 11) is 3.24. The largest absolute Gasteiger partial charge is 0.493 e. The Kier molecular flexibility index (Phi) is 4.46. The van der Waals surface area contributed by atoms with Gasteiger partial charge >= 0.3 is 0 Å². The van der Waals surface area contributed by atoms with E-state index in [0.29, 0.717) is 24.0 Å². The normalized spacial score (nSPS) is 13.2. The summed E-state index contributed by atoms with van der Waals surface area (Å²) in [5.74, 6) is 1.85. The number of rotatable bonds is 5. The Morgan fingerprint density at radius 2 is 1.71 bits per heavy atom. The van der Waals surface area contributed by atoms with Crippen molar-refractivity contribution in [3.63, 3.8) is 0 Å². The first-order valence-electron chi connectivity index (χ1n) is 7.78. The highest BCUT2D eigenvalue weighted by Gasteiger charge is 2.21. The summed E-state index contributed by atoms with van der Waals surface area (Å²) in [5.41, 5.74) is 15.7. The van der Waals surface area contributed by atoms with Crippen LogP contribution in [0.5, 0.6) is 11.5 Å². The SMILES string of the molecule is COc1cc2c(cc1OC)N(CCc1ccc(N)cc1)CN=C2N. The molecule has 0 spiro atoms. The molecule has 0 unspecified atom stereocenters. The molecular weight excluding hydrogens is 304 g/mol. The van der Waals surface area contributed by atoms with E-state index >= 15 is 0 Å². The van der Waals surface area contributed by atoms with Crippen molar-refractivity contribution in [1.29, 1.82) is 0 Å². The maximum atomic E-state index is 6.06. The van der Waals surface area contributed by atoms with Gasteiger partial charge in [-0.25, -0.2) is 4.99 Å². The lowest BCUT2D eigenvalue weighted by molar-refractivity contribution is 0.355. The number of nitrogen functional groups attached to an aromatic ring is 1. The van der Waals surface area contributed by atoms with Gasteiger partial charge in [0.1, 0.15) is 12.5 Å². The minimum atomic E-state index is 0.523. The van der Waals surface area contributed by atoms with Crippen LogP contribution in [0.4, 0.5) is 11.4 Å². The second kappa shape index (κ2) is 6.70. The van der Waals surface area contributed by atoms with Crippen molar-refractivity contribution in [2.75, 3.05) is 38.1 Å². The van der Waals surface area contributed by atoms with E-state index in [2.05, 4.69) is 9.89 Å². The molecule has 0 saturated carbocycles. The van der Waals surface area contributed by atoms with E-state index in [1.807, 2.05) is 36.4 Å². The van der Waals surface area contributed by atoms with Gasteiger partial charge in [0.15, 0.2) is 11.5 Å². The number of nitrogens with zero attached hydrogens (tertiary/aromatic N) is 2. The third-order valence-electron chi connectivity index (χ3n) is 4.18. The first-order valence-corrected chi connectivity index (χ1v) is 7.78. The van der Waals surface area contributed by atoms with E-state index in [4.69, 9.17) is 20.9 Å². The number of hydrogen-bond donors (Lipinski definition) is 2. The predicted octanol–water partition coefficient (Wildman–Crippen LogP) is 2.01. The van der Waals surface area contributed by atoms with E-state index in [0.717, 1.165) is 29.9 Å². The Morgan fingerprint density at radius 1 is 1.04 bits per heavy atom. The molecule has 0 radical (unpaired) electrons. The summed E-state index contributed by atoms with van der Waals surface area (Å²) in [4.78, 5) is 6.60. The zero-order valence-electron chi connectivity index (χ0n) is 14.0. The molecule has 0 bridgehead atoms. The third-order valence-corrected chi connectivity index (χ3v) is 4.18. The van der Waals surface area contributed by atoms with E-state index < -0.39 is 0 Å². The molecule has 6 nitrogen and oxygen atoms in total.